The predicted molar refractivity (Wildman–Crippen MR) is 48.2 cm³/mol. The van der Waals surface area contributed by atoms with Crippen molar-refractivity contribution in [2.24, 2.45) is 5.92 Å². The van der Waals surface area contributed by atoms with Gasteiger partial charge in [0.2, 0.25) is 0 Å². The summed E-state index contributed by atoms with van der Waals surface area (Å²) >= 11 is 0. The minimum absolute atomic E-state index is 1.13. The molecule has 0 aromatic rings. The molecule has 2 saturated carbocycles. The van der Waals surface area contributed by atoms with E-state index in [1.807, 2.05) is 13.8 Å². The Balaban J connectivity index is 0.000000140. The summed E-state index contributed by atoms with van der Waals surface area (Å²) in [5.74, 6) is 1.13. The molecule has 0 unspecified atom stereocenters. The van der Waals surface area contributed by atoms with Gasteiger partial charge in [0.05, 0.1) is 0 Å². The summed E-state index contributed by atoms with van der Waals surface area (Å²) in [4.78, 5) is 0. The molecule has 62 valence electrons. The standard InChI is InChI=1S/C5H10.C3H6.C2H6/c1-2-5-3-4-5;1-2-3-1;1-2/h5H,2-4H2,1H3;1-3H2;1-2H3. The number of hydrogen-bond donors (Lipinski definition) is 0. The van der Waals surface area contributed by atoms with Crippen molar-refractivity contribution >= 4 is 0 Å². The second-order valence-corrected chi connectivity index (χ2v) is 2.91. The first-order chi connectivity index (χ1) is 4.93. The number of rotatable bonds is 1. The van der Waals surface area contributed by atoms with Gasteiger partial charge in [0.25, 0.3) is 0 Å². The van der Waals surface area contributed by atoms with Crippen molar-refractivity contribution in [3.8, 4) is 0 Å². The summed E-state index contributed by atoms with van der Waals surface area (Å²) in [6, 6.07) is 0. The maximum absolute atomic E-state index is 2.26. The van der Waals surface area contributed by atoms with Crippen LogP contribution in [0.1, 0.15) is 59.3 Å². The molecule has 2 fully saturated rings. The molecule has 0 nitrogen and oxygen atoms in total. The van der Waals surface area contributed by atoms with E-state index in [0.29, 0.717) is 0 Å². The summed E-state index contributed by atoms with van der Waals surface area (Å²) in [5, 5.41) is 0. The predicted octanol–water partition coefficient (Wildman–Crippen LogP) is 4.00. The second kappa shape index (κ2) is 7.11. The molecular formula is C10H22. The molecule has 10 heavy (non-hydrogen) atoms. The Kier molecular flexibility index (Phi) is 7.11. The molecule has 0 aliphatic heterocycles. The van der Waals surface area contributed by atoms with Crippen LogP contribution in [0.25, 0.3) is 0 Å². The van der Waals surface area contributed by atoms with Crippen LogP contribution in [0.3, 0.4) is 0 Å². The average Bonchev–Trinajstić information content (AvgIpc) is 2.86. The maximum Gasteiger partial charge on any atom is -0.0417 e. The topological polar surface area (TPSA) is 0 Å². The van der Waals surface area contributed by atoms with Crippen LogP contribution in [0.15, 0.2) is 0 Å². The Bertz CT molecular complexity index is 48.3. The fourth-order valence-corrected chi connectivity index (χ4v) is 0.526. The molecule has 0 spiro atoms. The van der Waals surface area contributed by atoms with E-state index in [2.05, 4.69) is 6.92 Å². The molecule has 0 heteroatoms. The third kappa shape index (κ3) is 10.9. The Morgan fingerprint density at radius 1 is 1.00 bits per heavy atom. The first-order valence-corrected chi connectivity index (χ1v) is 4.93. The van der Waals surface area contributed by atoms with Gasteiger partial charge in [-0.2, -0.15) is 0 Å². The molecule has 0 saturated heterocycles. The summed E-state index contributed by atoms with van der Waals surface area (Å²) < 4.78 is 0. The van der Waals surface area contributed by atoms with Crippen LogP contribution in [0.5, 0.6) is 0 Å². The molecule has 0 radical (unpaired) electrons. The van der Waals surface area contributed by atoms with Crippen molar-refractivity contribution in [1.82, 2.24) is 0 Å². The molecular weight excluding hydrogens is 120 g/mol. The van der Waals surface area contributed by atoms with E-state index >= 15 is 0 Å². The highest BCUT2D eigenvalue weighted by molar-refractivity contribution is 4.69. The first kappa shape index (κ1) is 10.0. The van der Waals surface area contributed by atoms with Gasteiger partial charge in [-0.1, -0.05) is 59.3 Å². The van der Waals surface area contributed by atoms with Gasteiger partial charge in [-0.25, -0.2) is 0 Å². The highest BCUT2D eigenvalue weighted by Gasteiger charge is 2.17. The highest BCUT2D eigenvalue weighted by Crippen LogP contribution is 2.31. The van der Waals surface area contributed by atoms with Gasteiger partial charge in [-0.3, -0.25) is 0 Å². The van der Waals surface area contributed by atoms with Crippen LogP contribution in [0.2, 0.25) is 0 Å². The van der Waals surface area contributed by atoms with Gasteiger partial charge >= 0.3 is 0 Å². The van der Waals surface area contributed by atoms with Gasteiger partial charge in [-0.05, 0) is 5.92 Å². The van der Waals surface area contributed by atoms with Crippen molar-refractivity contribution in [3.63, 3.8) is 0 Å². The fraction of sp³-hybridized carbons (Fsp3) is 1.00. The summed E-state index contributed by atoms with van der Waals surface area (Å²) in [5.41, 5.74) is 0. The van der Waals surface area contributed by atoms with E-state index in [1.54, 1.807) is 0 Å². The van der Waals surface area contributed by atoms with Gasteiger partial charge in [0.1, 0.15) is 0 Å². The first-order valence-electron chi connectivity index (χ1n) is 4.93. The molecule has 2 aliphatic carbocycles. The summed E-state index contributed by atoms with van der Waals surface area (Å²) in [6.45, 7) is 6.26. The molecule has 0 heterocycles. The molecule has 0 bridgehead atoms. The monoisotopic (exact) mass is 142 g/mol. The Morgan fingerprint density at radius 3 is 1.40 bits per heavy atom. The van der Waals surface area contributed by atoms with E-state index in [1.165, 1.54) is 38.5 Å². The lowest BCUT2D eigenvalue weighted by atomic mass is 10.3. The van der Waals surface area contributed by atoms with Crippen molar-refractivity contribution in [2.75, 3.05) is 0 Å². The third-order valence-corrected chi connectivity index (χ3v) is 1.63. The van der Waals surface area contributed by atoms with Crippen molar-refractivity contribution in [2.45, 2.75) is 59.3 Å². The lowest BCUT2D eigenvalue weighted by Crippen LogP contribution is -1.59. The normalized spacial score (nSPS) is 19.5. The van der Waals surface area contributed by atoms with E-state index in [9.17, 15) is 0 Å². The average molecular weight is 142 g/mol. The van der Waals surface area contributed by atoms with Crippen LogP contribution >= 0.6 is 0 Å². The SMILES string of the molecule is C1CC1.CC.CCC1CC1. The Hall–Kier alpha value is 0. The molecule has 2 aliphatic rings. The van der Waals surface area contributed by atoms with E-state index in [-0.39, 0.29) is 0 Å². The zero-order chi connectivity index (χ0) is 7.82. The minimum atomic E-state index is 1.13. The molecule has 0 atom stereocenters. The molecule has 0 N–H and O–H groups in total. The van der Waals surface area contributed by atoms with Crippen molar-refractivity contribution in [3.05, 3.63) is 0 Å². The van der Waals surface area contributed by atoms with Crippen LogP contribution in [0, 0.1) is 5.92 Å². The Labute approximate surface area is 66.0 Å². The maximum atomic E-state index is 2.26. The lowest BCUT2D eigenvalue weighted by molar-refractivity contribution is 0.799. The van der Waals surface area contributed by atoms with E-state index in [0.717, 1.165) is 5.92 Å². The molecule has 2 rings (SSSR count). The minimum Gasteiger partial charge on any atom is -0.0683 e. The summed E-state index contributed by atoms with van der Waals surface area (Å²) in [6.07, 6.45) is 8.94. The molecule has 0 amide bonds. The van der Waals surface area contributed by atoms with Gasteiger partial charge < -0.3 is 0 Å². The van der Waals surface area contributed by atoms with Crippen LogP contribution < -0.4 is 0 Å². The highest BCUT2D eigenvalue weighted by atomic mass is 14.2. The van der Waals surface area contributed by atoms with Crippen LogP contribution in [-0.2, 0) is 0 Å². The molecule has 0 aromatic carbocycles. The van der Waals surface area contributed by atoms with Crippen LogP contribution in [-0.4, -0.2) is 0 Å². The molecule has 0 aromatic heterocycles. The van der Waals surface area contributed by atoms with Crippen molar-refractivity contribution < 1.29 is 0 Å². The van der Waals surface area contributed by atoms with Gasteiger partial charge in [-0.15, -0.1) is 0 Å². The zero-order valence-electron chi connectivity index (χ0n) is 7.82. The second-order valence-electron chi connectivity index (χ2n) is 2.91. The summed E-state index contributed by atoms with van der Waals surface area (Å²) in [7, 11) is 0. The smallest absolute Gasteiger partial charge is 0.0417 e. The van der Waals surface area contributed by atoms with E-state index in [4.69, 9.17) is 0 Å². The quantitative estimate of drug-likeness (QED) is 0.519. The Morgan fingerprint density at radius 2 is 1.40 bits per heavy atom. The lowest BCUT2D eigenvalue weighted by Gasteiger charge is -1.72. The zero-order valence-corrected chi connectivity index (χ0v) is 7.82. The third-order valence-electron chi connectivity index (χ3n) is 1.63. The fourth-order valence-electron chi connectivity index (χ4n) is 0.526. The van der Waals surface area contributed by atoms with Gasteiger partial charge in [0.15, 0.2) is 0 Å². The van der Waals surface area contributed by atoms with Crippen molar-refractivity contribution in [1.29, 1.82) is 0 Å². The van der Waals surface area contributed by atoms with E-state index < -0.39 is 0 Å². The number of hydrogen-bond acceptors (Lipinski definition) is 0. The van der Waals surface area contributed by atoms with Gasteiger partial charge in [0, 0.05) is 0 Å². The van der Waals surface area contributed by atoms with Crippen LogP contribution in [0.4, 0.5) is 0 Å². The largest absolute Gasteiger partial charge is 0.0683 e.